The molecule has 0 amide bonds. The van der Waals surface area contributed by atoms with E-state index in [-0.39, 0.29) is 6.61 Å². The lowest BCUT2D eigenvalue weighted by Gasteiger charge is -2.03. The van der Waals surface area contributed by atoms with Gasteiger partial charge < -0.3 is 9.47 Å². The molecular formula is C20H15ClN6O2S. The smallest absolute Gasteiger partial charge is 0.235 e. The molecule has 3 heterocycles. The summed E-state index contributed by atoms with van der Waals surface area (Å²) in [4.78, 5) is 0.681. The van der Waals surface area contributed by atoms with Gasteiger partial charge in [0.25, 0.3) is 0 Å². The van der Waals surface area contributed by atoms with E-state index in [1.807, 2.05) is 30.3 Å². The van der Waals surface area contributed by atoms with Gasteiger partial charge in [0.2, 0.25) is 4.96 Å². The maximum atomic E-state index is 5.90. The summed E-state index contributed by atoms with van der Waals surface area (Å²) in [5, 5.41) is 21.8. The van der Waals surface area contributed by atoms with E-state index in [9.17, 15) is 0 Å². The number of hydrogen-bond donors (Lipinski definition) is 1. The van der Waals surface area contributed by atoms with Crippen LogP contribution in [0.3, 0.4) is 0 Å². The van der Waals surface area contributed by atoms with Crippen molar-refractivity contribution in [2.24, 2.45) is 0 Å². The van der Waals surface area contributed by atoms with E-state index in [4.69, 9.17) is 21.1 Å². The van der Waals surface area contributed by atoms with Crippen molar-refractivity contribution in [2.75, 3.05) is 7.11 Å². The van der Waals surface area contributed by atoms with E-state index in [1.54, 1.807) is 35.9 Å². The maximum absolute atomic E-state index is 5.90. The van der Waals surface area contributed by atoms with E-state index >= 15 is 0 Å². The van der Waals surface area contributed by atoms with Crippen LogP contribution < -0.4 is 9.47 Å². The Kier molecular flexibility index (Phi) is 4.82. The van der Waals surface area contributed by atoms with Gasteiger partial charge in [-0.15, -0.1) is 10.2 Å². The van der Waals surface area contributed by atoms with Crippen molar-refractivity contribution in [2.45, 2.75) is 6.61 Å². The molecule has 0 spiro atoms. The number of nitrogens with one attached hydrogen (secondary N) is 1. The second-order valence-electron chi connectivity index (χ2n) is 6.36. The molecule has 0 aliphatic heterocycles. The van der Waals surface area contributed by atoms with Crippen molar-refractivity contribution in [1.29, 1.82) is 0 Å². The predicted molar refractivity (Wildman–Crippen MR) is 114 cm³/mol. The average Bonchev–Trinajstić information content (AvgIpc) is 3.49. The molecule has 150 valence electrons. The van der Waals surface area contributed by atoms with Crippen LogP contribution in [0.15, 0.2) is 54.6 Å². The Morgan fingerprint density at radius 3 is 2.57 bits per heavy atom. The van der Waals surface area contributed by atoms with E-state index in [0.29, 0.717) is 21.6 Å². The second-order valence-corrected chi connectivity index (χ2v) is 7.75. The molecule has 0 saturated carbocycles. The molecule has 1 N–H and O–H groups in total. The Morgan fingerprint density at radius 1 is 1.03 bits per heavy atom. The van der Waals surface area contributed by atoms with Gasteiger partial charge >= 0.3 is 0 Å². The number of halogens is 1. The molecule has 0 aliphatic rings. The zero-order valence-electron chi connectivity index (χ0n) is 15.7. The van der Waals surface area contributed by atoms with Gasteiger partial charge in [0.1, 0.15) is 18.1 Å². The van der Waals surface area contributed by atoms with Gasteiger partial charge in [0.05, 0.1) is 18.5 Å². The van der Waals surface area contributed by atoms with E-state index in [1.165, 1.54) is 11.3 Å². The highest BCUT2D eigenvalue weighted by atomic mass is 35.5. The minimum atomic E-state index is 0.242. The van der Waals surface area contributed by atoms with Crippen LogP contribution in [0, 0.1) is 0 Å². The molecule has 8 nitrogen and oxygen atoms in total. The Balaban J connectivity index is 1.36. The molecule has 30 heavy (non-hydrogen) atoms. The van der Waals surface area contributed by atoms with Crippen molar-refractivity contribution < 1.29 is 9.47 Å². The van der Waals surface area contributed by atoms with Crippen LogP contribution in [-0.4, -0.2) is 37.1 Å². The van der Waals surface area contributed by atoms with Crippen LogP contribution in [0.1, 0.15) is 5.82 Å². The first-order valence-electron chi connectivity index (χ1n) is 8.99. The Bertz CT molecular complexity index is 1290. The lowest BCUT2D eigenvalue weighted by Crippen LogP contribution is -2.02. The third kappa shape index (κ3) is 3.60. The summed E-state index contributed by atoms with van der Waals surface area (Å²) < 4.78 is 12.6. The third-order valence-corrected chi connectivity index (χ3v) is 5.62. The number of rotatable bonds is 6. The normalized spacial score (nSPS) is 11.1. The van der Waals surface area contributed by atoms with Crippen LogP contribution >= 0.6 is 22.9 Å². The van der Waals surface area contributed by atoms with Gasteiger partial charge in [-0.2, -0.15) is 14.7 Å². The molecule has 0 atom stereocenters. The molecular weight excluding hydrogens is 424 g/mol. The zero-order chi connectivity index (χ0) is 20.5. The van der Waals surface area contributed by atoms with Crippen LogP contribution in [-0.2, 0) is 6.61 Å². The molecule has 0 fully saturated rings. The van der Waals surface area contributed by atoms with Crippen molar-refractivity contribution >= 4 is 27.9 Å². The molecule has 3 aromatic heterocycles. The van der Waals surface area contributed by atoms with Crippen molar-refractivity contribution in [3.8, 4) is 33.5 Å². The van der Waals surface area contributed by atoms with Crippen LogP contribution in [0.2, 0.25) is 5.02 Å². The average molecular weight is 439 g/mol. The lowest BCUT2D eigenvalue weighted by molar-refractivity contribution is 0.293. The highest BCUT2D eigenvalue weighted by Crippen LogP contribution is 2.28. The third-order valence-electron chi connectivity index (χ3n) is 4.43. The fourth-order valence-electron chi connectivity index (χ4n) is 2.88. The number of hydrogen-bond acceptors (Lipinski definition) is 7. The van der Waals surface area contributed by atoms with Gasteiger partial charge in [-0.1, -0.05) is 22.9 Å². The summed E-state index contributed by atoms with van der Waals surface area (Å²) >= 11 is 7.32. The first-order chi connectivity index (χ1) is 14.7. The molecule has 0 radical (unpaired) electrons. The van der Waals surface area contributed by atoms with Gasteiger partial charge in [-0.25, -0.2) is 0 Å². The molecule has 0 saturated heterocycles. The molecule has 2 aromatic carbocycles. The highest BCUT2D eigenvalue weighted by Gasteiger charge is 2.15. The number of methoxy groups -OCH3 is 1. The monoisotopic (exact) mass is 438 g/mol. The van der Waals surface area contributed by atoms with E-state index in [0.717, 1.165) is 27.7 Å². The Labute approximate surface area is 180 Å². The number of H-pyrrole nitrogens is 1. The molecule has 0 bridgehead atoms. The van der Waals surface area contributed by atoms with Gasteiger partial charge in [0, 0.05) is 10.6 Å². The largest absolute Gasteiger partial charge is 0.497 e. The first-order valence-corrected chi connectivity index (χ1v) is 10.2. The summed E-state index contributed by atoms with van der Waals surface area (Å²) in [5.74, 6) is 2.11. The minimum Gasteiger partial charge on any atom is -0.497 e. The quantitative estimate of drug-likeness (QED) is 0.420. The van der Waals surface area contributed by atoms with Gasteiger partial charge in [-0.05, 0) is 54.6 Å². The SMILES string of the molecule is COc1ccc(-c2cc(-c3nn4c(COc5ccc(Cl)cc5)nnc4s3)[nH]n2)cc1. The molecule has 5 rings (SSSR count). The van der Waals surface area contributed by atoms with Crippen molar-refractivity contribution in [3.63, 3.8) is 0 Å². The molecule has 5 aromatic rings. The zero-order valence-corrected chi connectivity index (χ0v) is 17.3. The van der Waals surface area contributed by atoms with Crippen LogP contribution in [0.4, 0.5) is 0 Å². The lowest BCUT2D eigenvalue weighted by atomic mass is 10.1. The standard InChI is InChI=1S/C20H15ClN6O2S/c1-28-14-6-2-12(3-7-14)16-10-17(23-22-16)19-26-27-18(24-25-20(27)30-19)11-29-15-8-4-13(21)5-9-15/h2-10H,11H2,1H3,(H,22,23). The minimum absolute atomic E-state index is 0.242. The fourth-order valence-corrected chi connectivity index (χ4v) is 3.83. The number of benzene rings is 2. The fraction of sp³-hybridized carbons (Fsp3) is 0.100. The highest BCUT2D eigenvalue weighted by molar-refractivity contribution is 7.19. The number of aromatic nitrogens is 6. The second kappa shape index (κ2) is 7.77. The van der Waals surface area contributed by atoms with Gasteiger partial charge in [-0.3, -0.25) is 5.10 Å². The summed E-state index contributed by atoms with van der Waals surface area (Å²) in [6.45, 7) is 0.242. The summed E-state index contributed by atoms with van der Waals surface area (Å²) in [5.41, 5.74) is 2.61. The molecule has 10 heteroatoms. The predicted octanol–water partition coefficient (Wildman–Crippen LogP) is 4.48. The van der Waals surface area contributed by atoms with Crippen molar-refractivity contribution in [3.05, 3.63) is 65.4 Å². The van der Waals surface area contributed by atoms with E-state index < -0.39 is 0 Å². The van der Waals surface area contributed by atoms with Crippen LogP contribution in [0.25, 0.3) is 26.9 Å². The summed E-state index contributed by atoms with van der Waals surface area (Å²) in [6.07, 6.45) is 0. The summed E-state index contributed by atoms with van der Waals surface area (Å²) in [7, 11) is 1.64. The van der Waals surface area contributed by atoms with Gasteiger partial charge in [0.15, 0.2) is 10.8 Å². The summed E-state index contributed by atoms with van der Waals surface area (Å²) in [6, 6.07) is 16.8. The topological polar surface area (TPSA) is 90.2 Å². The maximum Gasteiger partial charge on any atom is 0.235 e. The molecule has 0 unspecified atom stereocenters. The van der Waals surface area contributed by atoms with Crippen molar-refractivity contribution in [1.82, 2.24) is 30.0 Å². The first kappa shape index (κ1) is 18.6. The van der Waals surface area contributed by atoms with Crippen LogP contribution in [0.5, 0.6) is 11.5 Å². The Hall–Kier alpha value is -3.43. The van der Waals surface area contributed by atoms with E-state index in [2.05, 4.69) is 25.5 Å². The molecule has 0 aliphatic carbocycles. The number of aromatic amines is 1. The number of fused-ring (bicyclic) bond motifs is 1. The Morgan fingerprint density at radius 2 is 1.80 bits per heavy atom. The number of ether oxygens (including phenoxy) is 2. The number of nitrogens with zero attached hydrogens (tertiary/aromatic N) is 5.